The molecule has 1 saturated carbocycles. The van der Waals surface area contributed by atoms with E-state index in [2.05, 4.69) is 31.3 Å². The number of hydrogen-bond donors (Lipinski definition) is 1. The van der Waals surface area contributed by atoms with Crippen LogP contribution in [0.2, 0.25) is 5.02 Å². The summed E-state index contributed by atoms with van der Waals surface area (Å²) in [7, 11) is 0. The molecule has 0 saturated heterocycles. The van der Waals surface area contributed by atoms with Crippen LogP contribution in [-0.4, -0.2) is 6.54 Å². The molecular weight excluding hydrogens is 242 g/mol. The van der Waals surface area contributed by atoms with Gasteiger partial charge in [-0.15, -0.1) is 0 Å². The van der Waals surface area contributed by atoms with Gasteiger partial charge in [0.25, 0.3) is 0 Å². The Hall–Kier alpha value is -0.530. The maximum absolute atomic E-state index is 6.37. The smallest absolute Gasteiger partial charge is 0.0453 e. The lowest BCUT2D eigenvalue weighted by Crippen LogP contribution is -2.28. The van der Waals surface area contributed by atoms with Crippen molar-refractivity contribution in [2.24, 2.45) is 11.8 Å². The molecule has 0 heterocycles. The first-order chi connectivity index (χ1) is 8.72. The van der Waals surface area contributed by atoms with E-state index >= 15 is 0 Å². The lowest BCUT2D eigenvalue weighted by molar-refractivity contribution is 0.359. The summed E-state index contributed by atoms with van der Waals surface area (Å²) in [4.78, 5) is 0. The largest absolute Gasteiger partial charge is 0.310 e. The second kappa shape index (κ2) is 6.58. The first-order valence-electron chi connectivity index (χ1n) is 7.20. The van der Waals surface area contributed by atoms with Gasteiger partial charge in [0.05, 0.1) is 0 Å². The maximum atomic E-state index is 6.37. The molecule has 2 heteroatoms. The van der Waals surface area contributed by atoms with E-state index in [4.69, 9.17) is 11.6 Å². The molecule has 1 nitrogen and oxygen atoms in total. The Labute approximate surface area is 116 Å². The Morgan fingerprint density at radius 2 is 2.11 bits per heavy atom. The van der Waals surface area contributed by atoms with E-state index in [0.29, 0.717) is 6.04 Å². The van der Waals surface area contributed by atoms with Crippen LogP contribution in [0, 0.1) is 11.8 Å². The van der Waals surface area contributed by atoms with Crippen LogP contribution in [0.5, 0.6) is 0 Å². The highest BCUT2D eigenvalue weighted by atomic mass is 35.5. The molecule has 0 radical (unpaired) electrons. The Balaban J connectivity index is 2.17. The van der Waals surface area contributed by atoms with E-state index in [1.54, 1.807) is 0 Å². The highest BCUT2D eigenvalue weighted by Crippen LogP contribution is 2.40. The third-order valence-electron chi connectivity index (χ3n) is 4.06. The monoisotopic (exact) mass is 265 g/mol. The van der Waals surface area contributed by atoms with Gasteiger partial charge in [0.2, 0.25) is 0 Å². The van der Waals surface area contributed by atoms with Crippen molar-refractivity contribution in [1.29, 1.82) is 0 Å². The van der Waals surface area contributed by atoms with E-state index in [1.165, 1.54) is 31.2 Å². The molecule has 0 aromatic heterocycles. The van der Waals surface area contributed by atoms with Crippen LogP contribution in [0.1, 0.15) is 51.1 Å². The summed E-state index contributed by atoms with van der Waals surface area (Å²) in [5.41, 5.74) is 1.28. The van der Waals surface area contributed by atoms with Gasteiger partial charge in [-0.1, -0.05) is 50.1 Å². The molecule has 1 fully saturated rings. The van der Waals surface area contributed by atoms with Crippen molar-refractivity contribution in [3.8, 4) is 0 Å². The van der Waals surface area contributed by atoms with Crippen LogP contribution in [0.4, 0.5) is 0 Å². The van der Waals surface area contributed by atoms with E-state index < -0.39 is 0 Å². The predicted molar refractivity (Wildman–Crippen MR) is 79.0 cm³/mol. The summed E-state index contributed by atoms with van der Waals surface area (Å²) in [6, 6.07) is 8.73. The van der Waals surface area contributed by atoms with Gasteiger partial charge in [0, 0.05) is 11.1 Å². The van der Waals surface area contributed by atoms with Gasteiger partial charge in [0.1, 0.15) is 0 Å². The molecular formula is C16H24ClN. The van der Waals surface area contributed by atoms with Crippen LogP contribution < -0.4 is 5.32 Å². The molecule has 1 aliphatic rings. The average molecular weight is 266 g/mol. The number of halogens is 1. The Morgan fingerprint density at radius 3 is 2.72 bits per heavy atom. The first kappa shape index (κ1) is 13.9. The van der Waals surface area contributed by atoms with Crippen molar-refractivity contribution in [3.63, 3.8) is 0 Å². The SMILES string of the molecule is CCCNC(c1ccccc1Cl)C1CCC(C)C1. The summed E-state index contributed by atoms with van der Waals surface area (Å²) in [6.45, 7) is 5.65. The summed E-state index contributed by atoms with van der Waals surface area (Å²) in [6.07, 6.45) is 5.18. The number of benzene rings is 1. The fraction of sp³-hybridized carbons (Fsp3) is 0.625. The van der Waals surface area contributed by atoms with Crippen molar-refractivity contribution in [2.75, 3.05) is 6.54 Å². The zero-order chi connectivity index (χ0) is 13.0. The van der Waals surface area contributed by atoms with Crippen molar-refractivity contribution in [2.45, 2.75) is 45.6 Å². The molecule has 0 bridgehead atoms. The zero-order valence-corrected chi connectivity index (χ0v) is 12.2. The molecule has 0 amide bonds. The Kier molecular flexibility index (Phi) is 5.08. The Morgan fingerprint density at radius 1 is 1.33 bits per heavy atom. The van der Waals surface area contributed by atoms with Crippen molar-refractivity contribution in [1.82, 2.24) is 5.32 Å². The number of hydrogen-bond acceptors (Lipinski definition) is 1. The highest BCUT2D eigenvalue weighted by molar-refractivity contribution is 6.31. The van der Waals surface area contributed by atoms with E-state index in [0.717, 1.165) is 23.4 Å². The molecule has 3 atom stereocenters. The van der Waals surface area contributed by atoms with Crippen LogP contribution in [0.25, 0.3) is 0 Å². The second-order valence-corrected chi connectivity index (χ2v) is 6.04. The number of rotatable bonds is 5. The maximum Gasteiger partial charge on any atom is 0.0453 e. The molecule has 2 rings (SSSR count). The van der Waals surface area contributed by atoms with Crippen molar-refractivity contribution in [3.05, 3.63) is 34.9 Å². The van der Waals surface area contributed by atoms with Gasteiger partial charge in [-0.05, 0) is 49.3 Å². The summed E-state index contributed by atoms with van der Waals surface area (Å²) < 4.78 is 0. The third-order valence-corrected chi connectivity index (χ3v) is 4.41. The van der Waals surface area contributed by atoms with Crippen LogP contribution >= 0.6 is 11.6 Å². The molecule has 1 aromatic carbocycles. The van der Waals surface area contributed by atoms with Crippen LogP contribution in [0.3, 0.4) is 0 Å². The number of nitrogens with one attached hydrogen (secondary N) is 1. The Bertz CT molecular complexity index is 377. The topological polar surface area (TPSA) is 12.0 Å². The average Bonchev–Trinajstić information content (AvgIpc) is 2.78. The van der Waals surface area contributed by atoms with E-state index in [-0.39, 0.29) is 0 Å². The molecule has 1 N–H and O–H groups in total. The van der Waals surface area contributed by atoms with Gasteiger partial charge in [0.15, 0.2) is 0 Å². The normalized spacial score (nSPS) is 25.3. The van der Waals surface area contributed by atoms with Gasteiger partial charge in [-0.3, -0.25) is 0 Å². The minimum absolute atomic E-state index is 0.434. The molecule has 100 valence electrons. The third kappa shape index (κ3) is 3.27. The first-order valence-corrected chi connectivity index (χ1v) is 7.58. The molecule has 0 aliphatic heterocycles. The van der Waals surface area contributed by atoms with Gasteiger partial charge < -0.3 is 5.32 Å². The predicted octanol–water partition coefficient (Wildman–Crippen LogP) is 4.82. The van der Waals surface area contributed by atoms with E-state index in [1.807, 2.05) is 12.1 Å². The fourth-order valence-electron chi connectivity index (χ4n) is 3.11. The highest BCUT2D eigenvalue weighted by Gasteiger charge is 2.30. The summed E-state index contributed by atoms with van der Waals surface area (Å²) >= 11 is 6.37. The lowest BCUT2D eigenvalue weighted by Gasteiger charge is -2.26. The van der Waals surface area contributed by atoms with Crippen LogP contribution in [0.15, 0.2) is 24.3 Å². The van der Waals surface area contributed by atoms with E-state index in [9.17, 15) is 0 Å². The van der Waals surface area contributed by atoms with Gasteiger partial charge in [-0.25, -0.2) is 0 Å². The minimum Gasteiger partial charge on any atom is -0.310 e. The summed E-state index contributed by atoms with van der Waals surface area (Å²) in [5, 5.41) is 4.61. The van der Waals surface area contributed by atoms with Crippen molar-refractivity contribution < 1.29 is 0 Å². The molecule has 1 aromatic rings. The van der Waals surface area contributed by atoms with Crippen LogP contribution in [-0.2, 0) is 0 Å². The van der Waals surface area contributed by atoms with Gasteiger partial charge >= 0.3 is 0 Å². The lowest BCUT2D eigenvalue weighted by atomic mass is 9.90. The molecule has 3 unspecified atom stereocenters. The standard InChI is InChI=1S/C16H24ClN/c1-3-10-18-16(13-9-8-12(2)11-13)14-6-4-5-7-15(14)17/h4-7,12-13,16,18H,3,8-11H2,1-2H3. The molecule has 0 spiro atoms. The second-order valence-electron chi connectivity index (χ2n) is 5.63. The molecule has 18 heavy (non-hydrogen) atoms. The fourth-order valence-corrected chi connectivity index (χ4v) is 3.36. The zero-order valence-electron chi connectivity index (χ0n) is 11.5. The summed E-state index contributed by atoms with van der Waals surface area (Å²) in [5.74, 6) is 1.61. The van der Waals surface area contributed by atoms with Crippen molar-refractivity contribution >= 4 is 11.6 Å². The minimum atomic E-state index is 0.434. The quantitative estimate of drug-likeness (QED) is 0.805. The molecule has 1 aliphatic carbocycles. The van der Waals surface area contributed by atoms with Gasteiger partial charge in [-0.2, -0.15) is 0 Å².